The smallest absolute Gasteiger partial charge is 0.249 e. The summed E-state index contributed by atoms with van der Waals surface area (Å²) in [4.78, 5) is 12.4. The fourth-order valence-corrected chi connectivity index (χ4v) is 6.05. The van der Waals surface area contributed by atoms with Crippen molar-refractivity contribution in [2.75, 3.05) is 6.61 Å². The summed E-state index contributed by atoms with van der Waals surface area (Å²) in [6, 6.07) is -0.995. The predicted molar refractivity (Wildman–Crippen MR) is 191 cm³/mol. The third-order valence-corrected chi connectivity index (χ3v) is 9.23. The van der Waals surface area contributed by atoms with E-state index in [1.165, 1.54) is 135 Å². The molecule has 0 aliphatic heterocycles. The van der Waals surface area contributed by atoms with Crippen LogP contribution in [0.5, 0.6) is 0 Å². The number of carbonyl (C=O) groups is 1. The zero-order chi connectivity index (χ0) is 33.2. The maximum Gasteiger partial charge on any atom is 0.249 e. The van der Waals surface area contributed by atoms with Crippen LogP contribution >= 0.6 is 0 Å². The van der Waals surface area contributed by atoms with Crippen molar-refractivity contribution in [2.24, 2.45) is 0 Å². The molecule has 0 aromatic carbocycles. The molecule has 0 aromatic rings. The Morgan fingerprint density at radius 3 is 1.33 bits per heavy atom. The molecule has 0 fully saturated rings. The Hall–Kier alpha value is -0.950. The van der Waals surface area contributed by atoms with E-state index in [9.17, 15) is 25.2 Å². The van der Waals surface area contributed by atoms with Gasteiger partial charge in [-0.15, -0.1) is 0 Å². The Morgan fingerprint density at radius 2 is 0.911 bits per heavy atom. The van der Waals surface area contributed by atoms with E-state index in [0.717, 1.165) is 38.5 Å². The van der Waals surface area contributed by atoms with Gasteiger partial charge in [-0.2, -0.15) is 0 Å². The summed E-state index contributed by atoms with van der Waals surface area (Å²) in [6.07, 6.45) is 35.2. The third-order valence-electron chi connectivity index (χ3n) is 9.23. The highest BCUT2D eigenvalue weighted by atomic mass is 16.3. The van der Waals surface area contributed by atoms with Crippen LogP contribution in [0.1, 0.15) is 200 Å². The van der Waals surface area contributed by atoms with Crippen LogP contribution < -0.4 is 5.32 Å². The maximum atomic E-state index is 12.4. The molecule has 0 saturated heterocycles. The van der Waals surface area contributed by atoms with Gasteiger partial charge in [0, 0.05) is 0 Å². The first-order valence-electron chi connectivity index (χ1n) is 19.6. The molecule has 1 amide bonds. The van der Waals surface area contributed by atoms with Gasteiger partial charge < -0.3 is 25.7 Å². The fraction of sp³-hybridized carbons (Fsp3) is 0.923. The van der Waals surface area contributed by atoms with Crippen LogP contribution in [0, 0.1) is 0 Å². The molecule has 0 aromatic heterocycles. The van der Waals surface area contributed by atoms with Gasteiger partial charge in [-0.25, -0.2) is 0 Å². The lowest BCUT2D eigenvalue weighted by Crippen LogP contribution is -2.53. The van der Waals surface area contributed by atoms with E-state index in [0.29, 0.717) is 12.8 Å². The maximum absolute atomic E-state index is 12.4. The first-order valence-corrected chi connectivity index (χ1v) is 19.6. The predicted octanol–water partition coefficient (Wildman–Crippen LogP) is 9.46. The summed E-state index contributed by atoms with van der Waals surface area (Å²) in [5.41, 5.74) is 0. The standard InChI is InChI=1S/C39H77NO5/c1-3-5-7-9-11-13-15-17-19-21-23-25-27-29-31-33-37(43)39(45)40-35(34-41)38(44)36(42)32-30-28-26-24-22-20-18-16-14-12-10-8-6-4-2/h24,26,35-38,41-44H,3-23,25,27-34H2,1-2H3,(H,40,45)/b26-24+. The van der Waals surface area contributed by atoms with E-state index in [4.69, 9.17) is 0 Å². The molecule has 0 bridgehead atoms. The summed E-state index contributed by atoms with van der Waals surface area (Å²) >= 11 is 0. The minimum Gasteiger partial charge on any atom is -0.394 e. The lowest BCUT2D eigenvalue weighted by Gasteiger charge is -2.27. The number of allylic oxidation sites excluding steroid dienone is 2. The molecule has 0 saturated carbocycles. The molecule has 0 heterocycles. The van der Waals surface area contributed by atoms with Crippen LogP contribution in [-0.4, -0.2) is 57.3 Å². The van der Waals surface area contributed by atoms with Gasteiger partial charge in [-0.1, -0.05) is 174 Å². The van der Waals surface area contributed by atoms with Crippen molar-refractivity contribution in [3.05, 3.63) is 12.2 Å². The van der Waals surface area contributed by atoms with Crippen LogP contribution in [0.25, 0.3) is 0 Å². The van der Waals surface area contributed by atoms with E-state index in [1.54, 1.807) is 0 Å². The second-order valence-electron chi connectivity index (χ2n) is 13.6. The van der Waals surface area contributed by atoms with Gasteiger partial charge in [0.25, 0.3) is 0 Å². The van der Waals surface area contributed by atoms with Crippen LogP contribution in [0.4, 0.5) is 0 Å². The van der Waals surface area contributed by atoms with Gasteiger partial charge in [-0.05, 0) is 38.5 Å². The Morgan fingerprint density at radius 1 is 0.533 bits per heavy atom. The SMILES string of the molecule is CCCCCCCCCCC/C=C/CCCC(O)C(O)C(CO)NC(=O)C(O)CCCCCCCCCCCCCCCCC. The number of unbranched alkanes of at least 4 members (excludes halogenated alkanes) is 24. The molecule has 0 rings (SSSR count). The molecule has 6 heteroatoms. The molecular weight excluding hydrogens is 562 g/mol. The summed E-state index contributed by atoms with van der Waals surface area (Å²) in [6.45, 7) is 4.02. The van der Waals surface area contributed by atoms with E-state index in [2.05, 4.69) is 31.3 Å². The molecule has 0 aliphatic rings. The number of nitrogens with one attached hydrogen (secondary N) is 1. The second kappa shape index (κ2) is 34.4. The number of carbonyl (C=O) groups excluding carboxylic acids is 1. The molecule has 0 aliphatic carbocycles. The number of rotatable bonds is 35. The van der Waals surface area contributed by atoms with Gasteiger partial charge >= 0.3 is 0 Å². The van der Waals surface area contributed by atoms with Crippen molar-refractivity contribution in [3.8, 4) is 0 Å². The number of aliphatic hydroxyl groups is 4. The zero-order valence-electron chi connectivity index (χ0n) is 29.9. The highest BCUT2D eigenvalue weighted by Crippen LogP contribution is 2.15. The van der Waals surface area contributed by atoms with Crippen LogP contribution in [0.15, 0.2) is 12.2 Å². The summed E-state index contributed by atoms with van der Waals surface area (Å²) in [5, 5.41) is 43.5. The van der Waals surface area contributed by atoms with E-state index < -0.39 is 36.9 Å². The molecule has 45 heavy (non-hydrogen) atoms. The number of hydrogen-bond donors (Lipinski definition) is 5. The summed E-state index contributed by atoms with van der Waals surface area (Å²) in [5.74, 6) is -0.593. The van der Waals surface area contributed by atoms with Crippen molar-refractivity contribution in [3.63, 3.8) is 0 Å². The second-order valence-corrected chi connectivity index (χ2v) is 13.6. The molecule has 0 spiro atoms. The number of amides is 1. The monoisotopic (exact) mass is 640 g/mol. The molecule has 6 nitrogen and oxygen atoms in total. The normalized spacial score (nSPS) is 14.5. The van der Waals surface area contributed by atoms with Gasteiger partial charge in [-0.3, -0.25) is 4.79 Å². The molecule has 5 N–H and O–H groups in total. The minimum atomic E-state index is -1.28. The minimum absolute atomic E-state index is 0.367. The van der Waals surface area contributed by atoms with E-state index >= 15 is 0 Å². The van der Waals surface area contributed by atoms with Crippen molar-refractivity contribution >= 4 is 5.91 Å². The van der Waals surface area contributed by atoms with Gasteiger partial charge in [0.2, 0.25) is 5.91 Å². The largest absolute Gasteiger partial charge is 0.394 e. The van der Waals surface area contributed by atoms with Crippen molar-refractivity contribution in [1.29, 1.82) is 0 Å². The topological polar surface area (TPSA) is 110 Å². The van der Waals surface area contributed by atoms with Crippen LogP contribution in [0.3, 0.4) is 0 Å². The van der Waals surface area contributed by atoms with Crippen molar-refractivity contribution in [1.82, 2.24) is 5.32 Å². The first-order chi connectivity index (χ1) is 22.0. The van der Waals surface area contributed by atoms with Crippen LogP contribution in [0.2, 0.25) is 0 Å². The van der Waals surface area contributed by atoms with Gasteiger partial charge in [0.15, 0.2) is 0 Å². The Labute approximate surface area is 279 Å². The van der Waals surface area contributed by atoms with E-state index in [1.807, 2.05) is 0 Å². The number of hydrogen-bond acceptors (Lipinski definition) is 5. The highest BCUT2D eigenvalue weighted by Gasteiger charge is 2.28. The molecular formula is C39H77NO5. The number of aliphatic hydroxyl groups excluding tert-OH is 4. The quantitative estimate of drug-likeness (QED) is 0.0350. The third kappa shape index (κ3) is 29.0. The molecule has 4 unspecified atom stereocenters. The first kappa shape index (κ1) is 44.0. The van der Waals surface area contributed by atoms with E-state index in [-0.39, 0.29) is 0 Å². The Kier molecular flexibility index (Phi) is 33.7. The van der Waals surface area contributed by atoms with Crippen LogP contribution in [-0.2, 0) is 4.79 Å². The Bertz CT molecular complexity index is 643. The van der Waals surface area contributed by atoms with Crippen molar-refractivity contribution in [2.45, 2.75) is 224 Å². The Balaban J connectivity index is 3.82. The molecule has 268 valence electrons. The summed E-state index contributed by atoms with van der Waals surface area (Å²) < 4.78 is 0. The average molecular weight is 640 g/mol. The molecule has 0 radical (unpaired) electrons. The summed E-state index contributed by atoms with van der Waals surface area (Å²) in [7, 11) is 0. The average Bonchev–Trinajstić information content (AvgIpc) is 3.04. The molecule has 4 atom stereocenters. The van der Waals surface area contributed by atoms with Gasteiger partial charge in [0.1, 0.15) is 12.2 Å². The lowest BCUT2D eigenvalue weighted by atomic mass is 10.00. The zero-order valence-corrected chi connectivity index (χ0v) is 29.9. The fourth-order valence-electron chi connectivity index (χ4n) is 6.05. The highest BCUT2D eigenvalue weighted by molar-refractivity contribution is 5.80. The lowest BCUT2D eigenvalue weighted by molar-refractivity contribution is -0.132. The van der Waals surface area contributed by atoms with Gasteiger partial charge in [0.05, 0.1) is 18.8 Å². The van der Waals surface area contributed by atoms with Crippen molar-refractivity contribution < 1.29 is 25.2 Å².